The molecule has 116 valence electrons. The minimum Gasteiger partial charge on any atom is -0.491 e. The second kappa shape index (κ2) is 5.72. The van der Waals surface area contributed by atoms with E-state index >= 15 is 0 Å². The smallest absolute Gasteiger partial charge is 0.167 e. The molecule has 1 aliphatic rings. The molecule has 5 nitrogen and oxygen atoms in total. The van der Waals surface area contributed by atoms with Crippen LogP contribution in [0.3, 0.4) is 0 Å². The second-order valence-corrected chi connectivity index (χ2v) is 5.23. The number of halogens is 1. The topological polar surface area (TPSA) is 49.2 Å². The van der Waals surface area contributed by atoms with Crippen molar-refractivity contribution in [3.05, 3.63) is 60.2 Å². The van der Waals surface area contributed by atoms with Crippen molar-refractivity contribution in [2.75, 3.05) is 6.61 Å². The van der Waals surface area contributed by atoms with Gasteiger partial charge in [-0.2, -0.15) is 0 Å². The number of hydrogen-bond donors (Lipinski definition) is 0. The normalized spacial score (nSPS) is 12.7. The fourth-order valence-electron chi connectivity index (χ4n) is 2.56. The molecule has 0 spiro atoms. The Morgan fingerprint density at radius 1 is 1.22 bits per heavy atom. The number of fused-ring (bicyclic) bond motifs is 3. The third-order valence-electron chi connectivity index (χ3n) is 3.75. The summed E-state index contributed by atoms with van der Waals surface area (Å²) in [7, 11) is 0. The van der Waals surface area contributed by atoms with Gasteiger partial charge in [0.15, 0.2) is 5.82 Å². The lowest BCUT2D eigenvalue weighted by atomic mass is 10.1. The highest BCUT2D eigenvalue weighted by atomic mass is 19.1. The van der Waals surface area contributed by atoms with Crippen LogP contribution in [0.4, 0.5) is 4.39 Å². The van der Waals surface area contributed by atoms with E-state index < -0.39 is 0 Å². The average molecular weight is 311 g/mol. The Labute approximate surface area is 132 Å². The first-order chi connectivity index (χ1) is 11.3. The first-order valence-corrected chi connectivity index (χ1v) is 7.32. The quantitative estimate of drug-likeness (QED) is 0.746. The fraction of sp³-hybridized carbons (Fsp3) is 0.176. The van der Waals surface area contributed by atoms with E-state index in [0.717, 1.165) is 17.1 Å². The molecule has 0 amide bonds. The highest BCUT2D eigenvalue weighted by molar-refractivity contribution is 5.66. The third kappa shape index (κ3) is 2.63. The monoisotopic (exact) mass is 311 g/mol. The molecule has 0 atom stereocenters. The molecule has 6 heteroatoms. The summed E-state index contributed by atoms with van der Waals surface area (Å²) in [5.41, 5.74) is 1.34. The van der Waals surface area contributed by atoms with Crippen molar-refractivity contribution < 1.29 is 13.9 Å². The fourth-order valence-corrected chi connectivity index (χ4v) is 2.56. The number of nitrogens with zero attached hydrogens (tertiary/aromatic N) is 3. The van der Waals surface area contributed by atoms with E-state index in [0.29, 0.717) is 24.5 Å². The Kier molecular flexibility index (Phi) is 3.42. The van der Waals surface area contributed by atoms with Gasteiger partial charge >= 0.3 is 0 Å². The van der Waals surface area contributed by atoms with Crippen molar-refractivity contribution in [3.63, 3.8) is 0 Å². The van der Waals surface area contributed by atoms with Gasteiger partial charge < -0.3 is 14.0 Å². The van der Waals surface area contributed by atoms with Crippen molar-refractivity contribution >= 4 is 0 Å². The summed E-state index contributed by atoms with van der Waals surface area (Å²) >= 11 is 0. The van der Waals surface area contributed by atoms with E-state index in [9.17, 15) is 4.39 Å². The average Bonchev–Trinajstić information content (AvgIpc) is 2.96. The SMILES string of the molecule is Fc1ccccc1COc1ccc2c(c1)-c1nncn1CCO2. The van der Waals surface area contributed by atoms with Crippen LogP contribution >= 0.6 is 0 Å². The van der Waals surface area contributed by atoms with Gasteiger partial charge in [-0.15, -0.1) is 10.2 Å². The molecular formula is C17H14FN3O2. The predicted octanol–water partition coefficient (Wildman–Crippen LogP) is 3.06. The predicted molar refractivity (Wildman–Crippen MR) is 81.7 cm³/mol. The minimum atomic E-state index is -0.273. The highest BCUT2D eigenvalue weighted by Crippen LogP contribution is 2.34. The van der Waals surface area contributed by atoms with Crippen LogP contribution in [0.1, 0.15) is 5.56 Å². The molecular weight excluding hydrogens is 297 g/mol. The molecule has 0 saturated heterocycles. The minimum absolute atomic E-state index is 0.166. The van der Waals surface area contributed by atoms with Crippen LogP contribution in [0.25, 0.3) is 11.4 Å². The molecule has 4 rings (SSSR count). The molecule has 0 fully saturated rings. The van der Waals surface area contributed by atoms with Gasteiger partial charge in [0, 0.05) is 5.56 Å². The zero-order chi connectivity index (χ0) is 15.6. The molecule has 2 aromatic carbocycles. The maximum atomic E-state index is 13.7. The van der Waals surface area contributed by atoms with E-state index in [1.165, 1.54) is 6.07 Å². The Morgan fingerprint density at radius 2 is 2.13 bits per heavy atom. The lowest BCUT2D eigenvalue weighted by molar-refractivity contribution is 0.295. The summed E-state index contributed by atoms with van der Waals surface area (Å²) in [6.07, 6.45) is 1.68. The van der Waals surface area contributed by atoms with Gasteiger partial charge in [0.05, 0.1) is 12.1 Å². The van der Waals surface area contributed by atoms with E-state index in [4.69, 9.17) is 9.47 Å². The molecule has 0 aliphatic carbocycles. The van der Waals surface area contributed by atoms with Gasteiger partial charge in [0.2, 0.25) is 0 Å². The van der Waals surface area contributed by atoms with Crippen LogP contribution in [0, 0.1) is 5.82 Å². The Morgan fingerprint density at radius 3 is 3.04 bits per heavy atom. The zero-order valence-corrected chi connectivity index (χ0v) is 12.3. The number of ether oxygens (including phenoxy) is 2. The van der Waals surface area contributed by atoms with Gasteiger partial charge in [0.25, 0.3) is 0 Å². The molecule has 23 heavy (non-hydrogen) atoms. The lowest BCUT2D eigenvalue weighted by Crippen LogP contribution is -2.04. The molecule has 3 aromatic rings. The number of aromatic nitrogens is 3. The summed E-state index contributed by atoms with van der Waals surface area (Å²) in [5, 5.41) is 8.10. The Balaban J connectivity index is 1.62. The van der Waals surface area contributed by atoms with Crippen LogP contribution in [0.5, 0.6) is 11.5 Å². The van der Waals surface area contributed by atoms with Crippen LogP contribution in [-0.4, -0.2) is 21.4 Å². The lowest BCUT2D eigenvalue weighted by Gasteiger charge is -2.10. The molecule has 1 aliphatic heterocycles. The Hall–Kier alpha value is -2.89. The molecule has 0 saturated carbocycles. The highest BCUT2D eigenvalue weighted by Gasteiger charge is 2.18. The van der Waals surface area contributed by atoms with Crippen LogP contribution in [0.2, 0.25) is 0 Å². The second-order valence-electron chi connectivity index (χ2n) is 5.23. The van der Waals surface area contributed by atoms with Gasteiger partial charge in [0.1, 0.15) is 36.9 Å². The van der Waals surface area contributed by atoms with E-state index in [-0.39, 0.29) is 12.4 Å². The molecule has 0 radical (unpaired) electrons. The standard InChI is InChI=1S/C17H14FN3O2/c18-15-4-2-1-3-12(15)10-23-13-5-6-16-14(9-13)17-20-19-11-21(17)7-8-22-16/h1-6,9,11H,7-8,10H2. The number of benzene rings is 2. The van der Waals surface area contributed by atoms with E-state index in [1.54, 1.807) is 24.5 Å². The van der Waals surface area contributed by atoms with E-state index in [1.807, 2.05) is 22.8 Å². The molecule has 2 heterocycles. The van der Waals surface area contributed by atoms with Crippen LogP contribution < -0.4 is 9.47 Å². The summed E-state index contributed by atoms with van der Waals surface area (Å²) < 4.78 is 27.0. The van der Waals surface area contributed by atoms with Gasteiger partial charge in [-0.05, 0) is 24.3 Å². The molecule has 0 N–H and O–H groups in total. The van der Waals surface area contributed by atoms with Crippen molar-refractivity contribution in [2.24, 2.45) is 0 Å². The summed E-state index contributed by atoms with van der Waals surface area (Å²) in [6, 6.07) is 12.1. The summed E-state index contributed by atoms with van der Waals surface area (Å²) in [5.74, 6) is 1.85. The third-order valence-corrected chi connectivity index (χ3v) is 3.75. The summed E-state index contributed by atoms with van der Waals surface area (Å²) in [6.45, 7) is 1.43. The van der Waals surface area contributed by atoms with Gasteiger partial charge in [-0.25, -0.2) is 4.39 Å². The molecule has 0 unspecified atom stereocenters. The first-order valence-electron chi connectivity index (χ1n) is 7.32. The van der Waals surface area contributed by atoms with Gasteiger partial charge in [-0.3, -0.25) is 0 Å². The maximum absolute atomic E-state index is 13.7. The molecule has 0 bridgehead atoms. The van der Waals surface area contributed by atoms with Crippen LogP contribution in [0.15, 0.2) is 48.8 Å². The molecule has 1 aromatic heterocycles. The maximum Gasteiger partial charge on any atom is 0.167 e. The Bertz CT molecular complexity index is 847. The van der Waals surface area contributed by atoms with Crippen molar-refractivity contribution in [1.29, 1.82) is 0 Å². The van der Waals surface area contributed by atoms with Crippen LogP contribution in [-0.2, 0) is 13.2 Å². The van der Waals surface area contributed by atoms with Crippen molar-refractivity contribution in [2.45, 2.75) is 13.2 Å². The van der Waals surface area contributed by atoms with Crippen molar-refractivity contribution in [3.8, 4) is 22.9 Å². The number of hydrogen-bond acceptors (Lipinski definition) is 4. The van der Waals surface area contributed by atoms with E-state index in [2.05, 4.69) is 10.2 Å². The first kappa shape index (κ1) is 13.8. The van der Waals surface area contributed by atoms with Gasteiger partial charge in [-0.1, -0.05) is 18.2 Å². The number of rotatable bonds is 3. The largest absolute Gasteiger partial charge is 0.491 e. The summed E-state index contributed by atoms with van der Waals surface area (Å²) in [4.78, 5) is 0. The van der Waals surface area contributed by atoms with Crippen molar-refractivity contribution in [1.82, 2.24) is 14.8 Å². The zero-order valence-electron chi connectivity index (χ0n) is 12.3.